The minimum atomic E-state index is 0.157. The Kier molecular flexibility index (Phi) is 4.58. The molecule has 4 nitrogen and oxygen atoms in total. The molecule has 0 spiro atoms. The molecule has 4 heteroatoms. The minimum absolute atomic E-state index is 0.157. The van der Waals surface area contributed by atoms with Crippen molar-refractivity contribution in [2.45, 2.75) is 20.4 Å². The SMILES string of the molecule is CCN(CC)C(=O)CNCc1c[nH]c2ccccc12. The van der Waals surface area contributed by atoms with Gasteiger partial charge in [0.25, 0.3) is 0 Å². The Morgan fingerprint density at radius 1 is 1.26 bits per heavy atom. The summed E-state index contributed by atoms with van der Waals surface area (Å²) in [4.78, 5) is 16.9. The van der Waals surface area contributed by atoms with Crippen molar-refractivity contribution < 1.29 is 4.79 Å². The van der Waals surface area contributed by atoms with Crippen LogP contribution in [-0.4, -0.2) is 35.4 Å². The van der Waals surface area contributed by atoms with Crippen LogP contribution in [0.25, 0.3) is 10.9 Å². The number of nitrogens with one attached hydrogen (secondary N) is 2. The fourth-order valence-electron chi connectivity index (χ4n) is 2.27. The number of aromatic nitrogens is 1. The number of hydrogen-bond acceptors (Lipinski definition) is 2. The zero-order valence-electron chi connectivity index (χ0n) is 11.6. The molecule has 102 valence electrons. The number of carbonyl (C=O) groups excluding carboxylic acids is 1. The zero-order valence-corrected chi connectivity index (χ0v) is 11.6. The molecule has 1 aromatic carbocycles. The van der Waals surface area contributed by atoms with Gasteiger partial charge >= 0.3 is 0 Å². The van der Waals surface area contributed by atoms with Crippen molar-refractivity contribution in [2.75, 3.05) is 19.6 Å². The average molecular weight is 259 g/mol. The number of aromatic amines is 1. The molecule has 0 unspecified atom stereocenters. The molecule has 1 amide bonds. The van der Waals surface area contributed by atoms with Gasteiger partial charge in [0.05, 0.1) is 6.54 Å². The van der Waals surface area contributed by atoms with E-state index < -0.39 is 0 Å². The van der Waals surface area contributed by atoms with E-state index in [1.165, 1.54) is 10.9 Å². The Morgan fingerprint density at radius 3 is 2.74 bits per heavy atom. The van der Waals surface area contributed by atoms with Gasteiger partial charge in [0.2, 0.25) is 5.91 Å². The van der Waals surface area contributed by atoms with Crippen LogP contribution in [0.1, 0.15) is 19.4 Å². The quantitative estimate of drug-likeness (QED) is 0.835. The maximum Gasteiger partial charge on any atom is 0.236 e. The highest BCUT2D eigenvalue weighted by atomic mass is 16.2. The van der Waals surface area contributed by atoms with Crippen molar-refractivity contribution in [3.63, 3.8) is 0 Å². The predicted molar refractivity (Wildman–Crippen MR) is 77.9 cm³/mol. The summed E-state index contributed by atoms with van der Waals surface area (Å²) in [6.45, 7) is 6.63. The molecule has 0 bridgehead atoms. The number of likely N-dealkylation sites (N-methyl/N-ethyl adjacent to an activating group) is 1. The molecule has 0 aliphatic heterocycles. The standard InChI is InChI=1S/C15H21N3O/c1-3-18(4-2)15(19)11-16-9-12-10-17-14-8-6-5-7-13(12)14/h5-8,10,16-17H,3-4,9,11H2,1-2H3. The van der Waals surface area contributed by atoms with Crippen molar-refractivity contribution >= 4 is 16.8 Å². The lowest BCUT2D eigenvalue weighted by Crippen LogP contribution is -2.37. The third kappa shape index (κ3) is 3.15. The molecule has 0 radical (unpaired) electrons. The second-order valence-electron chi connectivity index (χ2n) is 4.53. The third-order valence-corrected chi connectivity index (χ3v) is 3.38. The number of carbonyl (C=O) groups is 1. The first-order chi connectivity index (χ1) is 9.26. The van der Waals surface area contributed by atoms with Gasteiger partial charge < -0.3 is 15.2 Å². The molecule has 0 atom stereocenters. The van der Waals surface area contributed by atoms with Crippen molar-refractivity contribution in [2.24, 2.45) is 0 Å². The topological polar surface area (TPSA) is 48.1 Å². The van der Waals surface area contributed by atoms with Gasteiger partial charge in [0, 0.05) is 36.7 Å². The fourth-order valence-corrected chi connectivity index (χ4v) is 2.27. The Morgan fingerprint density at radius 2 is 2.00 bits per heavy atom. The van der Waals surface area contributed by atoms with Crippen LogP contribution in [0, 0.1) is 0 Å². The number of hydrogen-bond donors (Lipinski definition) is 2. The van der Waals surface area contributed by atoms with E-state index in [1.54, 1.807) is 0 Å². The van der Waals surface area contributed by atoms with Gasteiger partial charge in [-0.3, -0.25) is 4.79 Å². The van der Waals surface area contributed by atoms with Gasteiger partial charge in [-0.2, -0.15) is 0 Å². The van der Waals surface area contributed by atoms with Crippen molar-refractivity contribution in [3.8, 4) is 0 Å². The molecule has 2 rings (SSSR count). The number of para-hydroxylation sites is 1. The average Bonchev–Trinajstić information content (AvgIpc) is 2.84. The smallest absolute Gasteiger partial charge is 0.236 e. The molecule has 1 heterocycles. The number of H-pyrrole nitrogens is 1. The first-order valence-corrected chi connectivity index (χ1v) is 6.79. The van der Waals surface area contributed by atoms with Crippen LogP contribution in [0.4, 0.5) is 0 Å². The lowest BCUT2D eigenvalue weighted by atomic mass is 10.2. The van der Waals surface area contributed by atoms with Gasteiger partial charge in [-0.1, -0.05) is 18.2 Å². The second kappa shape index (κ2) is 6.38. The summed E-state index contributed by atoms with van der Waals surface area (Å²) in [6.07, 6.45) is 2.00. The van der Waals surface area contributed by atoms with Gasteiger partial charge in [-0.25, -0.2) is 0 Å². The normalized spacial score (nSPS) is 10.8. The highest BCUT2D eigenvalue weighted by molar-refractivity contribution is 5.83. The third-order valence-electron chi connectivity index (χ3n) is 3.38. The molecule has 19 heavy (non-hydrogen) atoms. The van der Waals surface area contributed by atoms with Crippen LogP contribution in [0.2, 0.25) is 0 Å². The minimum Gasteiger partial charge on any atom is -0.361 e. The largest absolute Gasteiger partial charge is 0.361 e. The van der Waals surface area contributed by atoms with E-state index in [0.29, 0.717) is 13.1 Å². The monoisotopic (exact) mass is 259 g/mol. The van der Waals surface area contributed by atoms with Crippen molar-refractivity contribution in [1.29, 1.82) is 0 Å². The Labute approximate surface area is 113 Å². The zero-order chi connectivity index (χ0) is 13.7. The number of benzene rings is 1. The predicted octanol–water partition coefficient (Wildman–Crippen LogP) is 2.13. The fraction of sp³-hybridized carbons (Fsp3) is 0.400. The van der Waals surface area contributed by atoms with E-state index in [-0.39, 0.29) is 5.91 Å². The van der Waals surface area contributed by atoms with E-state index in [2.05, 4.69) is 22.4 Å². The van der Waals surface area contributed by atoms with Crippen LogP contribution >= 0.6 is 0 Å². The summed E-state index contributed by atoms with van der Waals surface area (Å²) in [5.41, 5.74) is 2.33. The molecular formula is C15H21N3O. The van der Waals surface area contributed by atoms with Crippen molar-refractivity contribution in [1.82, 2.24) is 15.2 Å². The Bertz CT molecular complexity index is 543. The van der Waals surface area contributed by atoms with E-state index in [9.17, 15) is 4.79 Å². The molecule has 0 aliphatic carbocycles. The molecule has 2 aromatic rings. The number of amides is 1. The lowest BCUT2D eigenvalue weighted by Gasteiger charge is -2.18. The van der Waals surface area contributed by atoms with Gasteiger partial charge in [0.1, 0.15) is 0 Å². The summed E-state index contributed by atoms with van der Waals surface area (Å²) < 4.78 is 0. The number of nitrogens with zero attached hydrogens (tertiary/aromatic N) is 1. The van der Waals surface area contributed by atoms with E-state index in [0.717, 1.165) is 18.6 Å². The molecule has 1 aromatic heterocycles. The van der Waals surface area contributed by atoms with Crippen LogP contribution in [0.15, 0.2) is 30.5 Å². The maximum absolute atomic E-state index is 11.9. The second-order valence-corrected chi connectivity index (χ2v) is 4.53. The number of fused-ring (bicyclic) bond motifs is 1. The number of rotatable bonds is 6. The Balaban J connectivity index is 1.91. The van der Waals surface area contributed by atoms with Gasteiger partial charge in [-0.05, 0) is 25.5 Å². The molecule has 2 N–H and O–H groups in total. The summed E-state index contributed by atoms with van der Waals surface area (Å²) in [5.74, 6) is 0.157. The van der Waals surface area contributed by atoms with Crippen molar-refractivity contribution in [3.05, 3.63) is 36.0 Å². The summed E-state index contributed by atoms with van der Waals surface area (Å²) >= 11 is 0. The first kappa shape index (κ1) is 13.6. The molecule has 0 aliphatic rings. The van der Waals surface area contributed by atoms with E-state index in [4.69, 9.17) is 0 Å². The van der Waals surface area contributed by atoms with Gasteiger partial charge in [0.15, 0.2) is 0 Å². The maximum atomic E-state index is 11.9. The van der Waals surface area contributed by atoms with Crippen LogP contribution in [0.3, 0.4) is 0 Å². The highest BCUT2D eigenvalue weighted by Crippen LogP contribution is 2.17. The van der Waals surface area contributed by atoms with E-state index >= 15 is 0 Å². The summed E-state index contributed by atoms with van der Waals surface area (Å²) in [7, 11) is 0. The lowest BCUT2D eigenvalue weighted by molar-refractivity contribution is -0.129. The van der Waals surface area contributed by atoms with Crippen LogP contribution in [-0.2, 0) is 11.3 Å². The molecule has 0 fully saturated rings. The Hall–Kier alpha value is -1.81. The van der Waals surface area contributed by atoms with Gasteiger partial charge in [-0.15, -0.1) is 0 Å². The summed E-state index contributed by atoms with van der Waals surface area (Å²) in [5, 5.41) is 4.43. The first-order valence-electron chi connectivity index (χ1n) is 6.79. The molecule has 0 saturated carbocycles. The summed E-state index contributed by atoms with van der Waals surface area (Å²) in [6, 6.07) is 8.19. The van der Waals surface area contributed by atoms with E-state index in [1.807, 2.05) is 37.1 Å². The molecular weight excluding hydrogens is 238 g/mol. The highest BCUT2D eigenvalue weighted by Gasteiger charge is 2.09. The molecule has 0 saturated heterocycles. The van der Waals surface area contributed by atoms with Crippen LogP contribution < -0.4 is 5.32 Å². The van der Waals surface area contributed by atoms with Crippen LogP contribution in [0.5, 0.6) is 0 Å².